The fourth-order valence-corrected chi connectivity index (χ4v) is 15.4. The molecule has 0 spiro atoms. The first-order valence-corrected chi connectivity index (χ1v) is 27.9. The van der Waals surface area contributed by atoms with Crippen LogP contribution in [0.4, 0.5) is 34.1 Å². The van der Waals surface area contributed by atoms with Crippen molar-refractivity contribution >= 4 is 66.8 Å². The summed E-state index contributed by atoms with van der Waals surface area (Å²) < 4.78 is 0. The molecule has 0 aromatic heterocycles. The van der Waals surface area contributed by atoms with Gasteiger partial charge in [0.2, 0.25) is 0 Å². The quantitative estimate of drug-likeness (QED) is 0.121. The predicted octanol–water partition coefficient (Wildman–Crippen LogP) is 20.3. The summed E-state index contributed by atoms with van der Waals surface area (Å²) in [5, 5.41) is 4.84. The van der Waals surface area contributed by atoms with Crippen LogP contribution in [0.1, 0.15) is 126 Å². The molecule has 0 saturated heterocycles. The fourth-order valence-electron chi connectivity index (χ4n) is 15.4. The summed E-state index contributed by atoms with van der Waals surface area (Å²) in [5.74, 6) is 0. The first-order chi connectivity index (χ1) is 36.7. The van der Waals surface area contributed by atoms with Crippen LogP contribution in [0.5, 0.6) is 0 Å². The Kier molecular flexibility index (Phi) is 9.45. The molecule has 0 amide bonds. The van der Waals surface area contributed by atoms with Crippen molar-refractivity contribution in [1.82, 2.24) is 0 Å². The topological polar surface area (TPSA) is 6.48 Å². The zero-order chi connectivity index (χ0) is 51.6. The van der Waals surface area contributed by atoms with Crippen LogP contribution in [0, 0.1) is 0 Å². The van der Waals surface area contributed by atoms with Gasteiger partial charge in [0.1, 0.15) is 0 Å². The Hall–Kier alpha value is -7.94. The van der Waals surface area contributed by atoms with Gasteiger partial charge in [-0.1, -0.05) is 212 Å². The summed E-state index contributed by atoms with van der Waals surface area (Å²) in [6, 6.07) is 66.0. The van der Waals surface area contributed by atoms with Crippen LogP contribution < -0.4 is 9.80 Å². The van der Waals surface area contributed by atoms with Crippen molar-refractivity contribution in [3.05, 3.63) is 250 Å². The van der Waals surface area contributed by atoms with Gasteiger partial charge in [-0.15, -0.1) is 0 Å². The molecule has 0 fully saturated rings. The Bertz CT molecular complexity index is 4120. The second kappa shape index (κ2) is 15.8. The predicted molar refractivity (Wildman–Crippen MR) is 323 cm³/mol. The maximum Gasteiger partial charge on any atom is 0.0619 e. The Morgan fingerprint density at radius 1 is 0.303 bits per heavy atom. The van der Waals surface area contributed by atoms with E-state index in [0.717, 1.165) is 31.4 Å². The largest absolute Gasteiger partial charge is 0.309 e. The van der Waals surface area contributed by atoms with Crippen molar-refractivity contribution in [3.63, 3.8) is 0 Å². The first-order valence-electron chi connectivity index (χ1n) is 27.9. The lowest BCUT2D eigenvalue weighted by Gasteiger charge is -2.34. The molecule has 6 aliphatic rings. The maximum absolute atomic E-state index is 2.62. The molecule has 2 heteroatoms. The zero-order valence-corrected chi connectivity index (χ0v) is 45.2. The van der Waals surface area contributed by atoms with Gasteiger partial charge in [0.05, 0.1) is 11.4 Å². The lowest BCUT2D eigenvalue weighted by molar-refractivity contribution is 0.607. The first kappa shape index (κ1) is 45.5. The molecular formula is C74H64N2. The summed E-state index contributed by atoms with van der Waals surface area (Å²) >= 11 is 0. The maximum atomic E-state index is 2.62. The number of benzene rings is 9. The van der Waals surface area contributed by atoms with E-state index >= 15 is 0 Å². The summed E-state index contributed by atoms with van der Waals surface area (Å²) in [5.41, 5.74) is 29.0. The molecule has 0 aliphatic heterocycles. The molecule has 0 radical (unpaired) electrons. The third kappa shape index (κ3) is 6.10. The van der Waals surface area contributed by atoms with Gasteiger partial charge in [-0.2, -0.15) is 0 Å². The molecular weight excluding hydrogens is 917 g/mol. The lowest BCUT2D eigenvalue weighted by Crippen LogP contribution is -2.20. The van der Waals surface area contributed by atoms with Crippen LogP contribution in [0.25, 0.3) is 54.9 Å². The van der Waals surface area contributed by atoms with E-state index in [2.05, 4.69) is 259 Å². The molecule has 6 aliphatic carbocycles. The molecule has 0 bridgehead atoms. The standard InChI is InChI=1S/C74H64N2/c1-71(2)64-32-20-16-24-52(64)60-41-45(36-40-65(60)71)75(46-33-37-53-49-21-13-17-29-61(49)72(3,4)66(53)42-46)69-56-25-9-11-27-58(56)70(59-28-12-10-26-57(59)69)76(47-34-38-54-50-22-14-18-30-62(50)73(5,6)67(54)43-47)48-35-39-55-51-23-15-19-31-63(51)74(7,8)68(55)44-48/h9-16,18,20-28,30,32-44H,17,19,29,31H2,1-8H3. The van der Waals surface area contributed by atoms with Crippen LogP contribution in [-0.4, -0.2) is 0 Å². The van der Waals surface area contributed by atoms with Crippen molar-refractivity contribution in [3.8, 4) is 22.3 Å². The molecule has 9 aromatic carbocycles. The third-order valence-electron chi connectivity index (χ3n) is 19.3. The minimum Gasteiger partial charge on any atom is -0.309 e. The Morgan fingerprint density at radius 2 is 0.645 bits per heavy atom. The molecule has 0 heterocycles. The van der Waals surface area contributed by atoms with Crippen molar-refractivity contribution in [2.45, 2.75) is 103 Å². The van der Waals surface area contributed by atoms with Crippen LogP contribution in [0.2, 0.25) is 0 Å². The molecule has 9 aromatic rings. The van der Waals surface area contributed by atoms with Gasteiger partial charge in [0, 0.05) is 66.0 Å². The highest BCUT2D eigenvalue weighted by Gasteiger charge is 2.42. The minimum absolute atomic E-state index is 0.0890. The number of rotatable bonds is 6. The Balaban J connectivity index is 1.01. The number of hydrogen-bond donors (Lipinski definition) is 0. The van der Waals surface area contributed by atoms with E-state index in [1.54, 1.807) is 11.1 Å². The second-order valence-corrected chi connectivity index (χ2v) is 24.6. The highest BCUT2D eigenvalue weighted by atomic mass is 15.2. The van der Waals surface area contributed by atoms with Gasteiger partial charge >= 0.3 is 0 Å². The monoisotopic (exact) mass is 981 g/mol. The molecule has 0 atom stereocenters. The molecule has 2 nitrogen and oxygen atoms in total. The smallest absolute Gasteiger partial charge is 0.0619 e. The molecule has 370 valence electrons. The van der Waals surface area contributed by atoms with E-state index in [4.69, 9.17) is 0 Å². The van der Waals surface area contributed by atoms with Gasteiger partial charge in [0.15, 0.2) is 0 Å². The summed E-state index contributed by atoms with van der Waals surface area (Å²) in [7, 11) is 0. The lowest BCUT2D eigenvalue weighted by atomic mass is 9.78. The zero-order valence-electron chi connectivity index (χ0n) is 45.2. The van der Waals surface area contributed by atoms with Crippen molar-refractivity contribution in [2.24, 2.45) is 0 Å². The highest BCUT2D eigenvalue weighted by molar-refractivity contribution is 6.23. The summed E-state index contributed by atoms with van der Waals surface area (Å²) in [6.07, 6.45) is 13.9. The van der Waals surface area contributed by atoms with Crippen LogP contribution in [-0.2, 0) is 21.7 Å². The number of anilines is 6. The van der Waals surface area contributed by atoms with Crippen LogP contribution in [0.3, 0.4) is 0 Å². The molecule has 0 saturated carbocycles. The van der Waals surface area contributed by atoms with E-state index in [-0.39, 0.29) is 21.7 Å². The Morgan fingerprint density at radius 3 is 1.12 bits per heavy atom. The average Bonchev–Trinajstić information content (AvgIpc) is 4.07. The fraction of sp³-hybridized carbons (Fsp3) is 0.216. The van der Waals surface area contributed by atoms with E-state index in [1.165, 1.54) is 128 Å². The van der Waals surface area contributed by atoms with E-state index in [9.17, 15) is 0 Å². The van der Waals surface area contributed by atoms with E-state index in [1.807, 2.05) is 0 Å². The van der Waals surface area contributed by atoms with Gasteiger partial charge < -0.3 is 9.80 Å². The van der Waals surface area contributed by atoms with Gasteiger partial charge in [-0.25, -0.2) is 0 Å². The van der Waals surface area contributed by atoms with Crippen LogP contribution >= 0.6 is 0 Å². The number of nitrogens with zero attached hydrogens (tertiary/aromatic N) is 2. The normalized spacial score (nSPS) is 18.0. The van der Waals surface area contributed by atoms with Crippen molar-refractivity contribution < 1.29 is 0 Å². The highest BCUT2D eigenvalue weighted by Crippen LogP contribution is 2.59. The van der Waals surface area contributed by atoms with Gasteiger partial charge in [-0.3, -0.25) is 0 Å². The van der Waals surface area contributed by atoms with Crippen molar-refractivity contribution in [2.75, 3.05) is 9.80 Å². The van der Waals surface area contributed by atoms with E-state index < -0.39 is 0 Å². The van der Waals surface area contributed by atoms with Crippen molar-refractivity contribution in [1.29, 1.82) is 0 Å². The molecule has 0 unspecified atom stereocenters. The number of fused-ring (bicyclic) bond motifs is 12. The van der Waals surface area contributed by atoms with Crippen LogP contribution in [0.15, 0.2) is 205 Å². The minimum atomic E-state index is -0.168. The Labute approximate surface area is 449 Å². The van der Waals surface area contributed by atoms with Gasteiger partial charge in [-0.05, 0) is 152 Å². The molecule has 15 rings (SSSR count). The molecule has 76 heavy (non-hydrogen) atoms. The summed E-state index contributed by atoms with van der Waals surface area (Å²) in [6.45, 7) is 19.4. The number of hydrogen-bond acceptors (Lipinski definition) is 2. The van der Waals surface area contributed by atoms with Gasteiger partial charge in [0.25, 0.3) is 0 Å². The third-order valence-corrected chi connectivity index (χ3v) is 19.3. The number of allylic oxidation sites excluding steroid dienone is 8. The summed E-state index contributed by atoms with van der Waals surface area (Å²) in [4.78, 5) is 5.24. The second-order valence-electron chi connectivity index (χ2n) is 24.6. The SMILES string of the molecule is CC1(C)C2=C(C=CCC2)c2ccc(N(c3ccc4c(c3)-c3ccccc3C4(C)C)c3c4ccccc4c(N(c4ccc5c(c4)C(C)(C)C4=C5C=CCC4)c4ccc5c(c4)C(C)(C)c4ccccc4-5)c4ccccc34)cc21. The molecule has 0 N–H and O–H groups in total. The average molecular weight is 981 g/mol. The van der Waals surface area contributed by atoms with E-state index in [0.29, 0.717) is 0 Å².